The van der Waals surface area contributed by atoms with E-state index >= 15 is 0 Å². The van der Waals surface area contributed by atoms with Gasteiger partial charge in [0.15, 0.2) is 5.96 Å². The highest BCUT2D eigenvalue weighted by molar-refractivity contribution is 7.09. The van der Waals surface area contributed by atoms with Crippen LogP contribution in [0.3, 0.4) is 0 Å². The van der Waals surface area contributed by atoms with Gasteiger partial charge in [0, 0.05) is 35.6 Å². The third-order valence-corrected chi connectivity index (χ3v) is 5.09. The number of aliphatic imine (C=N–C) groups is 1. The summed E-state index contributed by atoms with van der Waals surface area (Å²) in [6, 6.07) is 8.41. The lowest BCUT2D eigenvalue weighted by Crippen LogP contribution is -2.38. The molecule has 2 heterocycles. The van der Waals surface area contributed by atoms with Gasteiger partial charge in [-0.3, -0.25) is 0 Å². The van der Waals surface area contributed by atoms with E-state index in [0.29, 0.717) is 12.5 Å². The number of benzene rings is 1. The van der Waals surface area contributed by atoms with Gasteiger partial charge in [-0.15, -0.1) is 11.3 Å². The minimum absolute atomic E-state index is 0.464. The molecule has 0 aliphatic carbocycles. The number of guanidine groups is 1. The van der Waals surface area contributed by atoms with Crippen molar-refractivity contribution in [2.24, 2.45) is 4.99 Å². The number of thiazole rings is 1. The highest BCUT2D eigenvalue weighted by Crippen LogP contribution is 2.19. The Morgan fingerprint density at radius 3 is 2.88 bits per heavy atom. The topological polar surface area (TPSA) is 65.1 Å². The van der Waals surface area contributed by atoms with E-state index in [9.17, 15) is 0 Å². The Bertz CT molecular complexity index is 862. The van der Waals surface area contributed by atoms with Crippen molar-refractivity contribution in [3.05, 3.63) is 52.1 Å². The fourth-order valence-corrected chi connectivity index (χ4v) is 3.68. The van der Waals surface area contributed by atoms with E-state index in [0.717, 1.165) is 36.2 Å². The average molecular weight is 370 g/mol. The quantitative estimate of drug-likeness (QED) is 0.435. The van der Waals surface area contributed by atoms with Crippen molar-refractivity contribution in [2.75, 3.05) is 13.1 Å². The predicted octanol–water partition coefficient (Wildman–Crippen LogP) is 4.05. The molecular formula is C20H27N5S. The highest BCUT2D eigenvalue weighted by Gasteiger charge is 2.06. The number of aromatic nitrogens is 2. The van der Waals surface area contributed by atoms with Gasteiger partial charge in [-0.05, 0) is 30.9 Å². The van der Waals surface area contributed by atoms with Crippen molar-refractivity contribution >= 4 is 28.2 Å². The molecule has 0 unspecified atom stereocenters. The third kappa shape index (κ3) is 4.64. The van der Waals surface area contributed by atoms with Crippen LogP contribution in [0.15, 0.2) is 40.8 Å². The van der Waals surface area contributed by atoms with Crippen LogP contribution in [0.1, 0.15) is 43.0 Å². The molecule has 3 N–H and O–H groups in total. The maximum absolute atomic E-state index is 4.67. The second kappa shape index (κ2) is 8.85. The number of nitrogens with one attached hydrogen (secondary N) is 3. The molecule has 0 atom stereocenters. The summed E-state index contributed by atoms with van der Waals surface area (Å²) in [5.41, 5.74) is 3.66. The molecule has 138 valence electrons. The molecule has 2 aromatic heterocycles. The lowest BCUT2D eigenvalue weighted by Gasteiger charge is -2.10. The van der Waals surface area contributed by atoms with Gasteiger partial charge in [-0.25, -0.2) is 9.98 Å². The number of aromatic amines is 1. The predicted molar refractivity (Wildman–Crippen MR) is 111 cm³/mol. The fourth-order valence-electron chi connectivity index (χ4n) is 2.81. The Morgan fingerprint density at radius 1 is 1.27 bits per heavy atom. The number of nitrogens with zero attached hydrogens (tertiary/aromatic N) is 2. The Kier molecular flexibility index (Phi) is 6.28. The first-order valence-electron chi connectivity index (χ1n) is 9.18. The SMILES string of the molecule is CCNC(=NCc1nc(C(C)C)cs1)NCCc1c[nH]c2ccccc12. The van der Waals surface area contributed by atoms with Crippen LogP contribution in [0, 0.1) is 0 Å². The van der Waals surface area contributed by atoms with Crippen molar-refractivity contribution in [3.63, 3.8) is 0 Å². The van der Waals surface area contributed by atoms with Crippen LogP contribution in [-0.2, 0) is 13.0 Å². The van der Waals surface area contributed by atoms with E-state index in [1.54, 1.807) is 11.3 Å². The van der Waals surface area contributed by atoms with E-state index in [4.69, 9.17) is 0 Å². The van der Waals surface area contributed by atoms with Gasteiger partial charge in [-0.1, -0.05) is 32.0 Å². The first-order valence-corrected chi connectivity index (χ1v) is 10.1. The highest BCUT2D eigenvalue weighted by atomic mass is 32.1. The van der Waals surface area contributed by atoms with Gasteiger partial charge < -0.3 is 15.6 Å². The van der Waals surface area contributed by atoms with E-state index < -0.39 is 0 Å². The second-order valence-corrected chi connectivity index (χ2v) is 7.49. The minimum atomic E-state index is 0.464. The van der Waals surface area contributed by atoms with Gasteiger partial charge in [0.25, 0.3) is 0 Å². The van der Waals surface area contributed by atoms with Crippen LogP contribution in [0.4, 0.5) is 0 Å². The number of hydrogen-bond acceptors (Lipinski definition) is 3. The maximum Gasteiger partial charge on any atom is 0.191 e. The number of hydrogen-bond donors (Lipinski definition) is 3. The number of para-hydroxylation sites is 1. The third-order valence-electron chi connectivity index (χ3n) is 4.24. The summed E-state index contributed by atoms with van der Waals surface area (Å²) in [6.07, 6.45) is 3.04. The van der Waals surface area contributed by atoms with Gasteiger partial charge in [-0.2, -0.15) is 0 Å². The van der Waals surface area contributed by atoms with Crippen LogP contribution < -0.4 is 10.6 Å². The smallest absolute Gasteiger partial charge is 0.191 e. The van der Waals surface area contributed by atoms with Crippen LogP contribution >= 0.6 is 11.3 Å². The van der Waals surface area contributed by atoms with Crippen LogP contribution in [0.25, 0.3) is 10.9 Å². The molecule has 0 radical (unpaired) electrons. The molecule has 0 amide bonds. The fraction of sp³-hybridized carbons (Fsp3) is 0.400. The lowest BCUT2D eigenvalue weighted by molar-refractivity contribution is 0.795. The molecule has 1 aromatic carbocycles. The molecule has 3 aromatic rings. The molecule has 0 aliphatic rings. The average Bonchev–Trinajstić information content (AvgIpc) is 3.27. The Morgan fingerprint density at radius 2 is 2.12 bits per heavy atom. The van der Waals surface area contributed by atoms with E-state index in [-0.39, 0.29) is 0 Å². The molecule has 26 heavy (non-hydrogen) atoms. The number of fused-ring (bicyclic) bond motifs is 1. The summed E-state index contributed by atoms with van der Waals surface area (Å²) in [5.74, 6) is 1.31. The molecule has 6 heteroatoms. The molecule has 3 rings (SSSR count). The molecule has 5 nitrogen and oxygen atoms in total. The Labute approximate surface area is 159 Å². The first kappa shape index (κ1) is 18.5. The summed E-state index contributed by atoms with van der Waals surface area (Å²) in [4.78, 5) is 12.6. The van der Waals surface area contributed by atoms with Gasteiger partial charge in [0.1, 0.15) is 5.01 Å². The lowest BCUT2D eigenvalue weighted by atomic mass is 10.1. The molecule has 0 saturated carbocycles. The summed E-state index contributed by atoms with van der Waals surface area (Å²) in [6.45, 7) is 8.70. The van der Waals surface area contributed by atoms with Crippen molar-refractivity contribution in [2.45, 2.75) is 39.7 Å². The van der Waals surface area contributed by atoms with Gasteiger partial charge in [0.05, 0.1) is 12.2 Å². The Balaban J connectivity index is 1.57. The summed E-state index contributed by atoms with van der Waals surface area (Å²) in [7, 11) is 0. The summed E-state index contributed by atoms with van der Waals surface area (Å²) >= 11 is 1.68. The molecule has 0 fully saturated rings. The summed E-state index contributed by atoms with van der Waals surface area (Å²) in [5, 5.41) is 11.2. The standard InChI is InChI=1S/C20H27N5S/c1-4-21-20(24-12-19-25-18(13-26-19)14(2)3)22-10-9-15-11-23-17-8-6-5-7-16(15)17/h5-8,11,13-14,23H,4,9-10,12H2,1-3H3,(H2,21,22,24). The van der Waals surface area contributed by atoms with Crippen molar-refractivity contribution < 1.29 is 0 Å². The monoisotopic (exact) mass is 369 g/mol. The molecule has 0 bridgehead atoms. The molecular weight excluding hydrogens is 342 g/mol. The first-order chi connectivity index (χ1) is 12.7. The molecule has 0 saturated heterocycles. The van der Waals surface area contributed by atoms with Crippen molar-refractivity contribution in [1.82, 2.24) is 20.6 Å². The second-order valence-electron chi connectivity index (χ2n) is 6.55. The van der Waals surface area contributed by atoms with Crippen molar-refractivity contribution in [1.29, 1.82) is 0 Å². The van der Waals surface area contributed by atoms with Crippen LogP contribution in [0.5, 0.6) is 0 Å². The molecule has 0 aliphatic heterocycles. The van der Waals surface area contributed by atoms with E-state index in [1.165, 1.54) is 16.5 Å². The number of H-pyrrole nitrogens is 1. The van der Waals surface area contributed by atoms with Crippen LogP contribution in [-0.4, -0.2) is 29.0 Å². The minimum Gasteiger partial charge on any atom is -0.361 e. The maximum atomic E-state index is 4.67. The molecule has 0 spiro atoms. The van der Waals surface area contributed by atoms with Gasteiger partial charge in [0.2, 0.25) is 0 Å². The largest absolute Gasteiger partial charge is 0.361 e. The van der Waals surface area contributed by atoms with E-state index in [2.05, 4.69) is 82.2 Å². The van der Waals surface area contributed by atoms with Gasteiger partial charge >= 0.3 is 0 Å². The zero-order valence-electron chi connectivity index (χ0n) is 15.7. The van der Waals surface area contributed by atoms with E-state index in [1.807, 2.05) is 0 Å². The normalized spacial score (nSPS) is 12.1. The number of rotatable bonds is 7. The van der Waals surface area contributed by atoms with Crippen molar-refractivity contribution in [3.8, 4) is 0 Å². The summed E-state index contributed by atoms with van der Waals surface area (Å²) < 4.78 is 0. The zero-order chi connectivity index (χ0) is 18.4. The Hall–Kier alpha value is -2.34. The zero-order valence-corrected chi connectivity index (χ0v) is 16.5. The van der Waals surface area contributed by atoms with Crippen LogP contribution in [0.2, 0.25) is 0 Å².